The van der Waals surface area contributed by atoms with E-state index < -0.39 is 5.54 Å². The van der Waals surface area contributed by atoms with E-state index in [1.807, 2.05) is 26.0 Å². The van der Waals surface area contributed by atoms with Crippen molar-refractivity contribution in [2.75, 3.05) is 26.2 Å². The van der Waals surface area contributed by atoms with Crippen LogP contribution >= 0.6 is 0 Å². The number of amides is 1. The summed E-state index contributed by atoms with van der Waals surface area (Å²) in [7, 11) is 0. The smallest absolute Gasteiger partial charge is 0.240 e. The van der Waals surface area contributed by atoms with Crippen molar-refractivity contribution in [3.05, 3.63) is 29.8 Å². The predicted octanol–water partition coefficient (Wildman–Crippen LogP) is 0.692. The number of hydrogen-bond acceptors (Lipinski definition) is 4. The molecule has 1 fully saturated rings. The van der Waals surface area contributed by atoms with E-state index in [1.165, 1.54) is 0 Å². The van der Waals surface area contributed by atoms with E-state index in [0.717, 1.165) is 31.7 Å². The third-order valence-corrected chi connectivity index (χ3v) is 3.89. The Labute approximate surface area is 120 Å². The summed E-state index contributed by atoms with van der Waals surface area (Å²) in [5.41, 5.74) is 0.198. The molecule has 0 aromatic heterocycles. The zero-order valence-corrected chi connectivity index (χ0v) is 12.1. The number of phenolic OH excluding ortho intramolecular Hbond substituents is 1. The molecule has 0 aliphatic carbocycles. The molecule has 1 amide bonds. The van der Waals surface area contributed by atoms with E-state index >= 15 is 0 Å². The molecule has 1 aromatic carbocycles. The van der Waals surface area contributed by atoms with Crippen molar-refractivity contribution < 1.29 is 9.90 Å². The van der Waals surface area contributed by atoms with Crippen LogP contribution in [0.4, 0.5) is 0 Å². The Bertz CT molecular complexity index is 468. The summed E-state index contributed by atoms with van der Waals surface area (Å²) in [6.07, 6.45) is 0. The van der Waals surface area contributed by atoms with Gasteiger partial charge in [0, 0.05) is 38.3 Å². The highest BCUT2D eigenvalue weighted by atomic mass is 16.3. The van der Waals surface area contributed by atoms with Gasteiger partial charge in [0.1, 0.15) is 5.75 Å². The molecule has 5 nitrogen and oxygen atoms in total. The number of para-hydroxylation sites is 1. The van der Waals surface area contributed by atoms with Gasteiger partial charge in [-0.25, -0.2) is 0 Å². The first-order valence-electron chi connectivity index (χ1n) is 7.03. The number of phenols is 1. The normalized spacial score (nSPS) is 16.9. The lowest BCUT2D eigenvalue weighted by molar-refractivity contribution is -0.132. The zero-order valence-electron chi connectivity index (χ0n) is 12.1. The molecule has 1 aliphatic heterocycles. The molecule has 1 saturated heterocycles. The van der Waals surface area contributed by atoms with Crippen molar-refractivity contribution in [1.29, 1.82) is 0 Å². The summed E-state index contributed by atoms with van der Waals surface area (Å²) in [4.78, 5) is 14.6. The summed E-state index contributed by atoms with van der Waals surface area (Å²) in [5.74, 6) is 0.204. The first kappa shape index (κ1) is 14.8. The van der Waals surface area contributed by atoms with E-state index in [2.05, 4.69) is 15.5 Å². The van der Waals surface area contributed by atoms with Gasteiger partial charge in [0.05, 0.1) is 5.54 Å². The standard InChI is InChI=1S/C15H23N3O2/c1-15(2,18-9-7-16-8-10-18)14(20)17-11-12-5-3-4-6-13(12)19/h3-6,16,19H,7-11H2,1-2H3,(H,17,20). The lowest BCUT2D eigenvalue weighted by Crippen LogP contribution is -2.59. The molecule has 1 heterocycles. The molecule has 1 aliphatic rings. The van der Waals surface area contributed by atoms with Gasteiger partial charge in [0.15, 0.2) is 0 Å². The number of carbonyl (C=O) groups is 1. The monoisotopic (exact) mass is 277 g/mol. The predicted molar refractivity (Wildman–Crippen MR) is 78.5 cm³/mol. The second-order valence-corrected chi connectivity index (χ2v) is 5.61. The van der Waals surface area contributed by atoms with Crippen molar-refractivity contribution >= 4 is 5.91 Å². The molecule has 3 N–H and O–H groups in total. The van der Waals surface area contributed by atoms with Gasteiger partial charge in [-0.2, -0.15) is 0 Å². The summed E-state index contributed by atoms with van der Waals surface area (Å²) in [5, 5.41) is 15.9. The Morgan fingerprint density at radius 3 is 2.65 bits per heavy atom. The van der Waals surface area contributed by atoms with Crippen LogP contribution in [-0.4, -0.2) is 47.6 Å². The first-order chi connectivity index (χ1) is 9.51. The molecule has 0 spiro atoms. The van der Waals surface area contributed by atoms with Gasteiger partial charge in [0.2, 0.25) is 5.91 Å². The van der Waals surface area contributed by atoms with E-state index in [0.29, 0.717) is 6.54 Å². The topological polar surface area (TPSA) is 64.6 Å². The average Bonchev–Trinajstić information content (AvgIpc) is 2.47. The number of nitrogens with one attached hydrogen (secondary N) is 2. The fourth-order valence-electron chi connectivity index (χ4n) is 2.42. The fourth-order valence-corrected chi connectivity index (χ4v) is 2.42. The molecule has 0 radical (unpaired) electrons. The molecule has 110 valence electrons. The van der Waals surface area contributed by atoms with Crippen LogP contribution in [0.5, 0.6) is 5.75 Å². The molecule has 0 atom stereocenters. The number of benzene rings is 1. The summed E-state index contributed by atoms with van der Waals surface area (Å²) in [6.45, 7) is 7.80. The van der Waals surface area contributed by atoms with Crippen molar-refractivity contribution in [1.82, 2.24) is 15.5 Å². The van der Waals surface area contributed by atoms with Crippen molar-refractivity contribution in [3.8, 4) is 5.75 Å². The summed E-state index contributed by atoms with van der Waals surface area (Å²) < 4.78 is 0. The van der Waals surface area contributed by atoms with Gasteiger partial charge >= 0.3 is 0 Å². The van der Waals surface area contributed by atoms with Crippen molar-refractivity contribution in [2.24, 2.45) is 0 Å². The van der Waals surface area contributed by atoms with Gasteiger partial charge in [-0.15, -0.1) is 0 Å². The van der Waals surface area contributed by atoms with E-state index in [9.17, 15) is 9.90 Å². The molecule has 2 rings (SSSR count). The van der Waals surface area contributed by atoms with Crippen LogP contribution in [0.1, 0.15) is 19.4 Å². The molecule has 20 heavy (non-hydrogen) atoms. The molecule has 0 saturated carbocycles. The van der Waals surface area contributed by atoms with Gasteiger partial charge in [-0.1, -0.05) is 18.2 Å². The van der Waals surface area contributed by atoms with Crippen molar-refractivity contribution in [2.45, 2.75) is 25.9 Å². The average molecular weight is 277 g/mol. The maximum atomic E-state index is 12.4. The lowest BCUT2D eigenvalue weighted by Gasteiger charge is -2.39. The highest BCUT2D eigenvalue weighted by Gasteiger charge is 2.34. The quantitative estimate of drug-likeness (QED) is 0.758. The number of hydrogen-bond donors (Lipinski definition) is 3. The molecule has 0 bridgehead atoms. The second-order valence-electron chi connectivity index (χ2n) is 5.61. The van der Waals surface area contributed by atoms with Crippen LogP contribution < -0.4 is 10.6 Å². The maximum Gasteiger partial charge on any atom is 0.240 e. The number of carbonyl (C=O) groups excluding carboxylic acids is 1. The Morgan fingerprint density at radius 1 is 1.35 bits per heavy atom. The fraction of sp³-hybridized carbons (Fsp3) is 0.533. The SMILES string of the molecule is CC(C)(C(=O)NCc1ccccc1O)N1CCNCC1. The molecule has 5 heteroatoms. The number of aromatic hydroxyl groups is 1. The zero-order chi connectivity index (χ0) is 14.6. The molecular formula is C15H23N3O2. The van der Waals surface area contributed by atoms with Gasteiger partial charge in [-0.3, -0.25) is 9.69 Å². The van der Waals surface area contributed by atoms with Gasteiger partial charge < -0.3 is 15.7 Å². The van der Waals surface area contributed by atoms with Gasteiger partial charge in [-0.05, 0) is 19.9 Å². The Morgan fingerprint density at radius 2 is 2.00 bits per heavy atom. The van der Waals surface area contributed by atoms with Gasteiger partial charge in [0.25, 0.3) is 0 Å². The minimum absolute atomic E-state index is 0.0114. The van der Waals surface area contributed by atoms with Crippen LogP contribution in [0.2, 0.25) is 0 Å². The number of rotatable bonds is 4. The third-order valence-electron chi connectivity index (χ3n) is 3.89. The highest BCUT2D eigenvalue weighted by Crippen LogP contribution is 2.18. The van der Waals surface area contributed by atoms with Crippen LogP contribution in [0.25, 0.3) is 0 Å². The van der Waals surface area contributed by atoms with Crippen molar-refractivity contribution in [3.63, 3.8) is 0 Å². The number of piperazine rings is 1. The summed E-state index contributed by atoms with van der Waals surface area (Å²) in [6, 6.07) is 7.06. The summed E-state index contributed by atoms with van der Waals surface area (Å²) >= 11 is 0. The minimum atomic E-state index is -0.535. The maximum absolute atomic E-state index is 12.4. The largest absolute Gasteiger partial charge is 0.508 e. The Hall–Kier alpha value is -1.59. The molecule has 1 aromatic rings. The third kappa shape index (κ3) is 3.29. The molecule has 0 unspecified atom stereocenters. The number of nitrogens with zero attached hydrogens (tertiary/aromatic N) is 1. The Balaban J connectivity index is 1.95. The van der Waals surface area contributed by atoms with Crippen LogP contribution in [-0.2, 0) is 11.3 Å². The van der Waals surface area contributed by atoms with E-state index in [1.54, 1.807) is 12.1 Å². The van der Waals surface area contributed by atoms with Crippen LogP contribution in [0.15, 0.2) is 24.3 Å². The van der Waals surface area contributed by atoms with E-state index in [4.69, 9.17) is 0 Å². The van der Waals surface area contributed by atoms with Crippen LogP contribution in [0.3, 0.4) is 0 Å². The lowest BCUT2D eigenvalue weighted by atomic mass is 10.0. The minimum Gasteiger partial charge on any atom is -0.508 e. The Kier molecular flexibility index (Phi) is 4.62. The highest BCUT2D eigenvalue weighted by molar-refractivity contribution is 5.85. The molecular weight excluding hydrogens is 254 g/mol. The second kappa shape index (κ2) is 6.24. The first-order valence-corrected chi connectivity index (χ1v) is 7.03. The van der Waals surface area contributed by atoms with Crippen LogP contribution in [0, 0.1) is 0 Å². The van der Waals surface area contributed by atoms with E-state index in [-0.39, 0.29) is 11.7 Å².